The van der Waals surface area contributed by atoms with Crippen molar-refractivity contribution in [1.82, 2.24) is 14.9 Å². The summed E-state index contributed by atoms with van der Waals surface area (Å²) < 4.78 is 0. The van der Waals surface area contributed by atoms with Gasteiger partial charge in [-0.15, -0.1) is 0 Å². The van der Waals surface area contributed by atoms with E-state index >= 15 is 0 Å². The van der Waals surface area contributed by atoms with Gasteiger partial charge >= 0.3 is 0 Å². The van der Waals surface area contributed by atoms with E-state index in [-0.39, 0.29) is 11.9 Å². The Morgan fingerprint density at radius 3 is 2.47 bits per heavy atom. The Morgan fingerprint density at radius 1 is 0.900 bits per heavy atom. The second-order valence-corrected chi connectivity index (χ2v) is 7.56. The van der Waals surface area contributed by atoms with Crippen molar-refractivity contribution in [1.29, 1.82) is 0 Å². The van der Waals surface area contributed by atoms with Crippen LogP contribution in [-0.4, -0.2) is 26.8 Å². The molecule has 4 nitrogen and oxygen atoms in total. The van der Waals surface area contributed by atoms with Gasteiger partial charge in [0.2, 0.25) is 0 Å². The lowest BCUT2D eigenvalue weighted by atomic mass is 10.0. The van der Waals surface area contributed by atoms with E-state index in [1.807, 2.05) is 65.7 Å². The first-order chi connectivity index (χ1) is 14.7. The highest BCUT2D eigenvalue weighted by atomic mass is 16.2. The van der Waals surface area contributed by atoms with Crippen LogP contribution in [0.4, 0.5) is 0 Å². The smallest absolute Gasteiger partial charge is 0.273 e. The lowest BCUT2D eigenvalue weighted by Gasteiger charge is -2.29. The molecule has 1 atom stereocenters. The van der Waals surface area contributed by atoms with Crippen molar-refractivity contribution in [3.05, 3.63) is 108 Å². The number of aromatic nitrogens is 2. The molecular formula is C26H25N3O. The quantitative estimate of drug-likeness (QED) is 0.427. The highest BCUT2D eigenvalue weighted by molar-refractivity contribution is 5.95. The zero-order valence-electron chi connectivity index (χ0n) is 17.1. The van der Waals surface area contributed by atoms with Crippen molar-refractivity contribution in [3.8, 4) is 0 Å². The lowest BCUT2D eigenvalue weighted by Crippen LogP contribution is -2.39. The van der Waals surface area contributed by atoms with Gasteiger partial charge in [0, 0.05) is 30.4 Å². The Balaban J connectivity index is 1.58. The molecule has 0 aliphatic heterocycles. The van der Waals surface area contributed by atoms with Gasteiger partial charge in [-0.05, 0) is 49.1 Å². The van der Waals surface area contributed by atoms with Gasteiger partial charge in [0.15, 0.2) is 0 Å². The largest absolute Gasteiger partial charge is 0.330 e. The Labute approximate surface area is 177 Å². The fraction of sp³-hybridized carbons (Fsp3) is 0.192. The fourth-order valence-electron chi connectivity index (χ4n) is 3.62. The second-order valence-electron chi connectivity index (χ2n) is 7.56. The van der Waals surface area contributed by atoms with Crippen LogP contribution in [0.1, 0.15) is 35.0 Å². The maximum atomic E-state index is 13.5. The first-order valence-corrected chi connectivity index (χ1v) is 10.3. The molecule has 2 aromatic carbocycles. The first-order valence-electron chi connectivity index (χ1n) is 10.3. The average molecular weight is 396 g/mol. The number of pyridine rings is 2. The third-order valence-corrected chi connectivity index (χ3v) is 5.38. The van der Waals surface area contributed by atoms with Gasteiger partial charge in [0.1, 0.15) is 5.69 Å². The first kappa shape index (κ1) is 19.8. The maximum Gasteiger partial charge on any atom is 0.273 e. The Morgan fingerprint density at radius 2 is 1.67 bits per heavy atom. The highest BCUT2D eigenvalue weighted by Gasteiger charge is 2.23. The minimum absolute atomic E-state index is 0.0508. The van der Waals surface area contributed by atoms with E-state index in [0.717, 1.165) is 29.3 Å². The number of aryl methyl sites for hydroxylation is 1. The zero-order chi connectivity index (χ0) is 20.8. The SMILES string of the molecule is CC(CCc1ccccc1)N(Cc1cccnc1)C(=O)c1ccc2ccccc2n1. The molecule has 4 aromatic rings. The summed E-state index contributed by atoms with van der Waals surface area (Å²) in [5.74, 6) is -0.0508. The number of hydrogen-bond acceptors (Lipinski definition) is 3. The summed E-state index contributed by atoms with van der Waals surface area (Å²) in [5, 5.41) is 1.03. The predicted molar refractivity (Wildman–Crippen MR) is 120 cm³/mol. The zero-order valence-corrected chi connectivity index (χ0v) is 17.1. The molecule has 0 fully saturated rings. The summed E-state index contributed by atoms with van der Waals surface area (Å²) in [5.41, 5.74) is 3.60. The van der Waals surface area contributed by atoms with Crippen LogP contribution in [0.15, 0.2) is 91.3 Å². The topological polar surface area (TPSA) is 46.1 Å². The molecule has 0 aliphatic carbocycles. The normalized spacial score (nSPS) is 11.9. The van der Waals surface area contributed by atoms with Crippen molar-refractivity contribution >= 4 is 16.8 Å². The van der Waals surface area contributed by atoms with Crippen LogP contribution in [0.3, 0.4) is 0 Å². The number of para-hydroxylation sites is 1. The van der Waals surface area contributed by atoms with Crippen LogP contribution in [0.5, 0.6) is 0 Å². The van der Waals surface area contributed by atoms with Crippen LogP contribution in [0.25, 0.3) is 10.9 Å². The molecule has 2 aromatic heterocycles. The van der Waals surface area contributed by atoms with Crippen molar-refractivity contribution in [2.45, 2.75) is 32.4 Å². The molecule has 0 saturated carbocycles. The molecule has 4 rings (SSSR count). The Kier molecular flexibility index (Phi) is 6.14. The van der Waals surface area contributed by atoms with E-state index in [1.54, 1.807) is 6.20 Å². The second kappa shape index (κ2) is 9.31. The molecule has 0 radical (unpaired) electrons. The third kappa shape index (κ3) is 4.71. The number of amides is 1. The summed E-state index contributed by atoms with van der Waals surface area (Å²) in [6.07, 6.45) is 5.37. The minimum Gasteiger partial charge on any atom is -0.330 e. The number of benzene rings is 2. The number of carbonyl (C=O) groups excluding carboxylic acids is 1. The molecule has 1 amide bonds. The Hall–Kier alpha value is -3.53. The molecule has 2 heterocycles. The standard InChI is InChI=1S/C26H25N3O/c1-20(13-14-21-8-3-2-4-9-21)29(19-22-10-7-17-27-18-22)26(30)25-16-15-23-11-5-6-12-24(23)28-25/h2-12,15-18,20H,13-14,19H2,1H3. The van der Waals surface area contributed by atoms with Crippen LogP contribution in [0, 0.1) is 0 Å². The van der Waals surface area contributed by atoms with E-state index in [2.05, 4.69) is 41.2 Å². The van der Waals surface area contributed by atoms with E-state index < -0.39 is 0 Å². The fourth-order valence-corrected chi connectivity index (χ4v) is 3.62. The van der Waals surface area contributed by atoms with Crippen LogP contribution in [-0.2, 0) is 13.0 Å². The Bertz CT molecular complexity index is 1110. The van der Waals surface area contributed by atoms with Gasteiger partial charge in [0.25, 0.3) is 5.91 Å². The van der Waals surface area contributed by atoms with E-state index in [9.17, 15) is 4.79 Å². The van der Waals surface area contributed by atoms with E-state index in [1.165, 1.54) is 5.56 Å². The number of carbonyl (C=O) groups is 1. The van der Waals surface area contributed by atoms with Gasteiger partial charge in [0.05, 0.1) is 5.52 Å². The molecular weight excluding hydrogens is 370 g/mol. The lowest BCUT2D eigenvalue weighted by molar-refractivity contribution is 0.0661. The van der Waals surface area contributed by atoms with Gasteiger partial charge in [-0.1, -0.05) is 60.7 Å². The minimum atomic E-state index is -0.0508. The van der Waals surface area contributed by atoms with Crippen molar-refractivity contribution in [3.63, 3.8) is 0 Å². The number of rotatable bonds is 7. The summed E-state index contributed by atoms with van der Waals surface area (Å²) in [6.45, 7) is 2.62. The summed E-state index contributed by atoms with van der Waals surface area (Å²) in [4.78, 5) is 24.2. The number of fused-ring (bicyclic) bond motifs is 1. The molecule has 0 spiro atoms. The molecule has 0 saturated heterocycles. The molecule has 1 unspecified atom stereocenters. The van der Waals surface area contributed by atoms with Gasteiger partial charge in [-0.25, -0.2) is 4.98 Å². The van der Waals surface area contributed by atoms with Crippen LogP contribution >= 0.6 is 0 Å². The monoisotopic (exact) mass is 395 g/mol. The van der Waals surface area contributed by atoms with Crippen molar-refractivity contribution in [2.24, 2.45) is 0 Å². The van der Waals surface area contributed by atoms with Crippen LogP contribution in [0.2, 0.25) is 0 Å². The third-order valence-electron chi connectivity index (χ3n) is 5.38. The number of hydrogen-bond donors (Lipinski definition) is 0. The van der Waals surface area contributed by atoms with Crippen LogP contribution < -0.4 is 0 Å². The van der Waals surface area contributed by atoms with Gasteiger partial charge in [-0.3, -0.25) is 9.78 Å². The molecule has 150 valence electrons. The average Bonchev–Trinajstić information content (AvgIpc) is 2.81. The molecule has 4 heteroatoms. The van der Waals surface area contributed by atoms with E-state index in [4.69, 9.17) is 0 Å². The summed E-state index contributed by atoms with van der Waals surface area (Å²) >= 11 is 0. The highest BCUT2D eigenvalue weighted by Crippen LogP contribution is 2.18. The molecule has 0 N–H and O–H groups in total. The van der Waals surface area contributed by atoms with Gasteiger partial charge < -0.3 is 4.90 Å². The molecule has 30 heavy (non-hydrogen) atoms. The van der Waals surface area contributed by atoms with Gasteiger partial charge in [-0.2, -0.15) is 0 Å². The number of nitrogens with zero attached hydrogens (tertiary/aromatic N) is 3. The van der Waals surface area contributed by atoms with Crippen molar-refractivity contribution in [2.75, 3.05) is 0 Å². The molecule has 0 bridgehead atoms. The van der Waals surface area contributed by atoms with Crippen molar-refractivity contribution < 1.29 is 4.79 Å². The van der Waals surface area contributed by atoms with E-state index in [0.29, 0.717) is 12.2 Å². The summed E-state index contributed by atoms with van der Waals surface area (Å²) in [7, 11) is 0. The molecule has 0 aliphatic rings. The predicted octanol–water partition coefficient (Wildman–Crippen LogP) is 5.29. The maximum absolute atomic E-state index is 13.5. The summed E-state index contributed by atoms with van der Waals surface area (Å²) in [6, 6.07) is 26.0.